The summed E-state index contributed by atoms with van der Waals surface area (Å²) in [5.74, 6) is 0.804. The molecule has 1 N–H and O–H groups in total. The minimum Gasteiger partial charge on any atom is -0.376 e. The van der Waals surface area contributed by atoms with Gasteiger partial charge >= 0.3 is 0 Å². The zero-order valence-corrected chi connectivity index (χ0v) is 11.2. The van der Waals surface area contributed by atoms with Gasteiger partial charge in [0.1, 0.15) is 0 Å². The number of carbonyl (C=O) groups excluding carboxylic acids is 1. The van der Waals surface area contributed by atoms with E-state index in [4.69, 9.17) is 4.74 Å². The van der Waals surface area contributed by atoms with Gasteiger partial charge in [0.25, 0.3) is 0 Å². The average Bonchev–Trinajstić information content (AvgIpc) is 2.54. The van der Waals surface area contributed by atoms with Crippen LogP contribution in [0.3, 0.4) is 0 Å². The van der Waals surface area contributed by atoms with Gasteiger partial charge in [0.05, 0.1) is 24.9 Å². The Bertz CT molecular complexity index is 282. The highest BCUT2D eigenvalue weighted by Gasteiger charge is 2.42. The van der Waals surface area contributed by atoms with E-state index in [0.717, 1.165) is 25.8 Å². The molecule has 2 fully saturated rings. The molecule has 4 nitrogen and oxygen atoms in total. The van der Waals surface area contributed by atoms with E-state index in [1.54, 1.807) is 7.11 Å². The second kappa shape index (κ2) is 4.94. The van der Waals surface area contributed by atoms with Crippen LogP contribution in [0.1, 0.15) is 39.5 Å². The lowest BCUT2D eigenvalue weighted by molar-refractivity contribution is -0.138. The summed E-state index contributed by atoms with van der Waals surface area (Å²) in [5.41, 5.74) is -0.0515. The highest BCUT2D eigenvalue weighted by Crippen LogP contribution is 2.36. The van der Waals surface area contributed by atoms with E-state index in [1.165, 1.54) is 6.42 Å². The van der Waals surface area contributed by atoms with E-state index in [9.17, 15) is 4.79 Å². The normalized spacial score (nSPS) is 27.6. The Hall–Kier alpha value is -0.610. The SMILES string of the molecule is COC1(CN2CNC(CC(C)C)C2=O)CCC1. The van der Waals surface area contributed by atoms with Crippen LogP contribution in [0.25, 0.3) is 0 Å². The third-order valence-corrected chi connectivity index (χ3v) is 4.02. The molecule has 0 aromatic rings. The number of carbonyl (C=O) groups is 1. The fourth-order valence-electron chi connectivity index (χ4n) is 2.74. The van der Waals surface area contributed by atoms with E-state index in [-0.39, 0.29) is 17.6 Å². The van der Waals surface area contributed by atoms with Crippen molar-refractivity contribution in [3.8, 4) is 0 Å². The summed E-state index contributed by atoms with van der Waals surface area (Å²) in [6.45, 7) is 5.74. The molecule has 4 heteroatoms. The van der Waals surface area contributed by atoms with Crippen molar-refractivity contribution in [2.75, 3.05) is 20.3 Å². The van der Waals surface area contributed by atoms with Crippen LogP contribution in [-0.2, 0) is 9.53 Å². The molecular formula is C13H24N2O2. The number of hydrogen-bond donors (Lipinski definition) is 1. The topological polar surface area (TPSA) is 41.6 Å². The molecule has 1 unspecified atom stereocenters. The number of hydrogen-bond acceptors (Lipinski definition) is 3. The molecule has 17 heavy (non-hydrogen) atoms. The molecule has 1 aliphatic carbocycles. The van der Waals surface area contributed by atoms with Gasteiger partial charge in [-0.1, -0.05) is 13.8 Å². The maximum Gasteiger partial charge on any atom is 0.240 e. The number of rotatable bonds is 5. The van der Waals surface area contributed by atoms with Crippen LogP contribution in [0.4, 0.5) is 0 Å². The van der Waals surface area contributed by atoms with Gasteiger partial charge in [-0.15, -0.1) is 0 Å². The van der Waals surface area contributed by atoms with Crippen molar-refractivity contribution in [2.24, 2.45) is 5.92 Å². The second-order valence-electron chi connectivity index (χ2n) is 5.82. The first-order valence-electron chi connectivity index (χ1n) is 6.64. The third kappa shape index (κ3) is 2.63. The molecule has 1 saturated heterocycles. The first-order valence-corrected chi connectivity index (χ1v) is 6.64. The molecular weight excluding hydrogens is 216 g/mol. The lowest BCUT2D eigenvalue weighted by Crippen LogP contribution is -2.50. The van der Waals surface area contributed by atoms with Gasteiger partial charge in [-0.25, -0.2) is 0 Å². The molecule has 98 valence electrons. The van der Waals surface area contributed by atoms with Crippen LogP contribution in [0.5, 0.6) is 0 Å². The van der Waals surface area contributed by atoms with Gasteiger partial charge in [-0.3, -0.25) is 10.1 Å². The number of amides is 1. The Balaban J connectivity index is 1.89. The van der Waals surface area contributed by atoms with Gasteiger partial charge in [-0.05, 0) is 31.6 Å². The zero-order valence-electron chi connectivity index (χ0n) is 11.2. The van der Waals surface area contributed by atoms with Crippen molar-refractivity contribution < 1.29 is 9.53 Å². The number of nitrogens with one attached hydrogen (secondary N) is 1. The quantitative estimate of drug-likeness (QED) is 0.789. The molecule has 1 saturated carbocycles. The average molecular weight is 240 g/mol. The van der Waals surface area contributed by atoms with Crippen LogP contribution in [0.2, 0.25) is 0 Å². The molecule has 2 rings (SSSR count). The third-order valence-electron chi connectivity index (χ3n) is 4.02. The lowest BCUT2D eigenvalue weighted by atomic mass is 9.79. The molecule has 0 radical (unpaired) electrons. The van der Waals surface area contributed by atoms with Crippen molar-refractivity contribution in [3.05, 3.63) is 0 Å². The molecule has 1 aliphatic heterocycles. The second-order valence-corrected chi connectivity index (χ2v) is 5.82. The molecule has 0 aromatic heterocycles. The van der Waals surface area contributed by atoms with Crippen LogP contribution in [0, 0.1) is 5.92 Å². The van der Waals surface area contributed by atoms with Crippen molar-refractivity contribution in [1.82, 2.24) is 10.2 Å². The Morgan fingerprint density at radius 1 is 1.53 bits per heavy atom. The van der Waals surface area contributed by atoms with Crippen molar-refractivity contribution in [1.29, 1.82) is 0 Å². The Morgan fingerprint density at radius 3 is 2.71 bits per heavy atom. The number of ether oxygens (including phenoxy) is 1. The van der Waals surface area contributed by atoms with Crippen LogP contribution >= 0.6 is 0 Å². The maximum absolute atomic E-state index is 12.2. The van der Waals surface area contributed by atoms with E-state index >= 15 is 0 Å². The van der Waals surface area contributed by atoms with Gasteiger partial charge in [0.2, 0.25) is 5.91 Å². The van der Waals surface area contributed by atoms with Crippen molar-refractivity contribution in [2.45, 2.75) is 51.2 Å². The predicted octanol–water partition coefficient (Wildman–Crippen LogP) is 1.36. The molecule has 0 bridgehead atoms. The fourth-order valence-corrected chi connectivity index (χ4v) is 2.74. The Kier molecular flexibility index (Phi) is 3.73. The summed E-state index contributed by atoms with van der Waals surface area (Å²) in [4.78, 5) is 14.1. The van der Waals surface area contributed by atoms with Crippen LogP contribution in [0.15, 0.2) is 0 Å². The Labute approximate surface area is 104 Å². The predicted molar refractivity (Wildman–Crippen MR) is 66.5 cm³/mol. The van der Waals surface area contributed by atoms with Gasteiger partial charge < -0.3 is 9.64 Å². The molecule has 1 heterocycles. The first-order chi connectivity index (χ1) is 8.06. The van der Waals surface area contributed by atoms with E-state index in [1.807, 2.05) is 4.90 Å². The largest absolute Gasteiger partial charge is 0.376 e. The fraction of sp³-hybridized carbons (Fsp3) is 0.923. The maximum atomic E-state index is 12.2. The molecule has 1 atom stereocenters. The summed E-state index contributed by atoms with van der Waals surface area (Å²) in [6, 6.07) is 0.0176. The standard InChI is InChI=1S/C13H24N2O2/c1-10(2)7-11-12(16)15(9-14-11)8-13(17-3)5-4-6-13/h10-11,14H,4-9H2,1-3H3. The smallest absolute Gasteiger partial charge is 0.240 e. The Morgan fingerprint density at radius 2 is 2.24 bits per heavy atom. The molecule has 2 aliphatic rings. The van der Waals surface area contributed by atoms with E-state index in [0.29, 0.717) is 12.6 Å². The van der Waals surface area contributed by atoms with Gasteiger partial charge in [0, 0.05) is 7.11 Å². The summed E-state index contributed by atoms with van der Waals surface area (Å²) in [5, 5.41) is 3.30. The zero-order chi connectivity index (χ0) is 12.5. The van der Waals surface area contributed by atoms with E-state index in [2.05, 4.69) is 19.2 Å². The summed E-state index contributed by atoms with van der Waals surface area (Å²) >= 11 is 0. The minimum absolute atomic E-state index is 0.0176. The minimum atomic E-state index is -0.0515. The van der Waals surface area contributed by atoms with Gasteiger partial charge in [-0.2, -0.15) is 0 Å². The molecule has 0 spiro atoms. The van der Waals surface area contributed by atoms with Gasteiger partial charge in [0.15, 0.2) is 0 Å². The summed E-state index contributed by atoms with van der Waals surface area (Å²) in [6.07, 6.45) is 4.32. The summed E-state index contributed by atoms with van der Waals surface area (Å²) < 4.78 is 5.58. The number of methoxy groups -OCH3 is 1. The monoisotopic (exact) mass is 240 g/mol. The van der Waals surface area contributed by atoms with Crippen LogP contribution < -0.4 is 5.32 Å². The molecule has 0 aromatic carbocycles. The van der Waals surface area contributed by atoms with Crippen LogP contribution in [-0.4, -0.2) is 42.8 Å². The highest BCUT2D eigenvalue weighted by atomic mass is 16.5. The highest BCUT2D eigenvalue weighted by molar-refractivity contribution is 5.83. The van der Waals surface area contributed by atoms with Crippen molar-refractivity contribution >= 4 is 5.91 Å². The van der Waals surface area contributed by atoms with Crippen molar-refractivity contribution in [3.63, 3.8) is 0 Å². The lowest BCUT2D eigenvalue weighted by Gasteiger charge is -2.42. The van der Waals surface area contributed by atoms with E-state index < -0.39 is 0 Å². The summed E-state index contributed by atoms with van der Waals surface area (Å²) in [7, 11) is 1.76. The first kappa shape index (κ1) is 12.8. The number of nitrogens with zero attached hydrogens (tertiary/aromatic N) is 1. The molecule has 1 amide bonds.